The molecule has 136 valence electrons. The Bertz CT molecular complexity index is 917. The summed E-state index contributed by atoms with van der Waals surface area (Å²) in [4.78, 5) is 4.73. The summed E-state index contributed by atoms with van der Waals surface area (Å²) in [6.07, 6.45) is 4.67. The van der Waals surface area contributed by atoms with E-state index in [0.29, 0.717) is 29.4 Å². The molecule has 0 aliphatic carbocycles. The number of sulfonamides is 1. The zero-order valence-electron chi connectivity index (χ0n) is 14.3. The molecule has 1 saturated heterocycles. The average molecular weight is 372 g/mol. The molecule has 0 aromatic heterocycles. The van der Waals surface area contributed by atoms with Crippen molar-refractivity contribution in [2.75, 3.05) is 19.9 Å². The Hall–Kier alpha value is -2.38. The van der Waals surface area contributed by atoms with Crippen LogP contribution >= 0.6 is 0 Å². The number of rotatable bonds is 4. The van der Waals surface area contributed by atoms with Gasteiger partial charge in [0.25, 0.3) is 0 Å². The largest absolute Gasteiger partial charge is 0.454 e. The van der Waals surface area contributed by atoms with Gasteiger partial charge in [-0.05, 0) is 60.9 Å². The van der Waals surface area contributed by atoms with Crippen LogP contribution in [0.1, 0.15) is 24.8 Å². The van der Waals surface area contributed by atoms with Gasteiger partial charge < -0.3 is 9.47 Å². The van der Waals surface area contributed by atoms with Crippen LogP contribution in [0.3, 0.4) is 0 Å². The van der Waals surface area contributed by atoms with Crippen molar-refractivity contribution in [1.29, 1.82) is 0 Å². The summed E-state index contributed by atoms with van der Waals surface area (Å²) in [5, 5.41) is 0. The van der Waals surface area contributed by atoms with E-state index in [2.05, 4.69) is 4.99 Å². The van der Waals surface area contributed by atoms with Gasteiger partial charge in [0.15, 0.2) is 11.5 Å². The van der Waals surface area contributed by atoms with Crippen LogP contribution in [0.4, 0.5) is 5.69 Å². The number of hydrogen-bond donors (Lipinski definition) is 0. The topological polar surface area (TPSA) is 68.2 Å². The molecule has 0 saturated carbocycles. The highest BCUT2D eigenvalue weighted by Crippen LogP contribution is 2.32. The summed E-state index contributed by atoms with van der Waals surface area (Å²) < 4.78 is 37.5. The van der Waals surface area contributed by atoms with E-state index in [-0.39, 0.29) is 6.79 Å². The van der Waals surface area contributed by atoms with Gasteiger partial charge in [0.05, 0.1) is 10.6 Å². The van der Waals surface area contributed by atoms with E-state index in [0.717, 1.165) is 30.6 Å². The third-order valence-electron chi connectivity index (χ3n) is 4.55. The molecule has 1 fully saturated rings. The number of piperidine rings is 1. The van der Waals surface area contributed by atoms with Crippen molar-refractivity contribution in [2.45, 2.75) is 24.2 Å². The van der Waals surface area contributed by atoms with Crippen molar-refractivity contribution in [3.05, 3.63) is 48.0 Å². The van der Waals surface area contributed by atoms with Crippen molar-refractivity contribution < 1.29 is 17.9 Å². The van der Waals surface area contributed by atoms with E-state index in [1.54, 1.807) is 34.8 Å². The lowest BCUT2D eigenvalue weighted by Crippen LogP contribution is -2.35. The van der Waals surface area contributed by atoms with Crippen LogP contribution < -0.4 is 9.47 Å². The Morgan fingerprint density at radius 1 is 0.923 bits per heavy atom. The fraction of sp³-hybridized carbons (Fsp3) is 0.316. The summed E-state index contributed by atoms with van der Waals surface area (Å²) in [5.41, 5.74) is 1.58. The molecule has 6 nitrogen and oxygen atoms in total. The molecule has 0 unspecified atom stereocenters. The molecule has 2 aromatic rings. The summed E-state index contributed by atoms with van der Waals surface area (Å²) in [5.74, 6) is 1.44. The molecule has 4 rings (SSSR count). The van der Waals surface area contributed by atoms with Crippen LogP contribution in [0.15, 0.2) is 52.4 Å². The molecule has 2 aromatic carbocycles. The molecule has 0 amide bonds. The molecule has 0 radical (unpaired) electrons. The van der Waals surface area contributed by atoms with Gasteiger partial charge in [-0.15, -0.1) is 0 Å². The Balaban J connectivity index is 1.49. The van der Waals surface area contributed by atoms with Crippen LogP contribution in [-0.2, 0) is 10.0 Å². The Morgan fingerprint density at radius 2 is 1.65 bits per heavy atom. The predicted molar refractivity (Wildman–Crippen MR) is 98.9 cm³/mol. The van der Waals surface area contributed by atoms with Crippen LogP contribution in [0.5, 0.6) is 11.5 Å². The maximum atomic E-state index is 12.6. The summed E-state index contributed by atoms with van der Waals surface area (Å²) in [7, 11) is -3.40. The molecule has 2 aliphatic heterocycles. The van der Waals surface area contributed by atoms with Crippen molar-refractivity contribution in [3.8, 4) is 11.5 Å². The Kier molecular flexibility index (Phi) is 4.65. The zero-order valence-corrected chi connectivity index (χ0v) is 15.1. The number of fused-ring (bicyclic) bond motifs is 1. The van der Waals surface area contributed by atoms with E-state index in [4.69, 9.17) is 9.47 Å². The van der Waals surface area contributed by atoms with Crippen molar-refractivity contribution in [2.24, 2.45) is 4.99 Å². The second kappa shape index (κ2) is 7.09. The van der Waals surface area contributed by atoms with Gasteiger partial charge in [-0.1, -0.05) is 6.42 Å². The van der Waals surface area contributed by atoms with Gasteiger partial charge >= 0.3 is 0 Å². The van der Waals surface area contributed by atoms with E-state index in [9.17, 15) is 8.42 Å². The molecular weight excluding hydrogens is 352 g/mol. The maximum absolute atomic E-state index is 12.6. The molecule has 7 heteroatoms. The molecule has 2 aliphatic rings. The van der Waals surface area contributed by atoms with Crippen LogP contribution in [0.25, 0.3) is 0 Å². The van der Waals surface area contributed by atoms with Crippen molar-refractivity contribution in [1.82, 2.24) is 4.31 Å². The monoisotopic (exact) mass is 372 g/mol. The van der Waals surface area contributed by atoms with Crippen molar-refractivity contribution in [3.63, 3.8) is 0 Å². The molecule has 0 atom stereocenters. The maximum Gasteiger partial charge on any atom is 0.243 e. The number of nitrogens with zero attached hydrogens (tertiary/aromatic N) is 2. The Labute approximate surface area is 153 Å². The predicted octanol–water partition coefficient (Wildman–Crippen LogP) is 3.34. The van der Waals surface area contributed by atoms with Gasteiger partial charge in [0.1, 0.15) is 0 Å². The first-order valence-corrected chi connectivity index (χ1v) is 10.1. The fourth-order valence-electron chi connectivity index (χ4n) is 3.10. The van der Waals surface area contributed by atoms with Crippen LogP contribution in [0.2, 0.25) is 0 Å². The smallest absolute Gasteiger partial charge is 0.243 e. The number of aliphatic imine (C=N–C) groups is 1. The zero-order chi connectivity index (χ0) is 18.0. The summed E-state index contributed by atoms with van der Waals surface area (Å²) >= 11 is 0. The number of hydrogen-bond acceptors (Lipinski definition) is 5. The highest BCUT2D eigenvalue weighted by Gasteiger charge is 2.25. The number of ether oxygens (including phenoxy) is 2. The third kappa shape index (κ3) is 3.45. The Morgan fingerprint density at radius 3 is 2.42 bits per heavy atom. The minimum atomic E-state index is -3.40. The van der Waals surface area contributed by atoms with E-state index in [1.807, 2.05) is 18.2 Å². The first kappa shape index (κ1) is 17.1. The van der Waals surface area contributed by atoms with Gasteiger partial charge in [-0.2, -0.15) is 4.31 Å². The highest BCUT2D eigenvalue weighted by atomic mass is 32.2. The van der Waals surface area contributed by atoms with Gasteiger partial charge in [0, 0.05) is 19.3 Å². The lowest BCUT2D eigenvalue weighted by Gasteiger charge is -2.25. The highest BCUT2D eigenvalue weighted by molar-refractivity contribution is 7.89. The molecule has 2 heterocycles. The van der Waals surface area contributed by atoms with E-state index < -0.39 is 10.0 Å². The second-order valence-electron chi connectivity index (χ2n) is 6.33. The van der Waals surface area contributed by atoms with Crippen LogP contribution in [-0.4, -0.2) is 38.8 Å². The first-order chi connectivity index (χ1) is 12.6. The van der Waals surface area contributed by atoms with E-state index >= 15 is 0 Å². The standard InChI is InChI=1S/C19H20N2O4S/c22-26(23,21-10-2-1-3-11-21)17-7-5-16(6-8-17)20-13-15-4-9-18-19(12-15)25-14-24-18/h4-9,12-13H,1-3,10-11,14H2. The molecule has 0 bridgehead atoms. The minimum absolute atomic E-state index is 0.239. The van der Waals surface area contributed by atoms with Crippen LogP contribution in [0, 0.1) is 0 Å². The SMILES string of the molecule is O=S(=O)(c1ccc(N=Cc2ccc3c(c2)OCO3)cc1)N1CCCCC1. The molecule has 0 N–H and O–H groups in total. The van der Waals surface area contributed by atoms with E-state index in [1.165, 1.54) is 0 Å². The number of benzene rings is 2. The second-order valence-corrected chi connectivity index (χ2v) is 8.27. The average Bonchev–Trinajstić information content (AvgIpc) is 3.15. The molecular formula is C19H20N2O4S. The van der Waals surface area contributed by atoms with Gasteiger partial charge in [0.2, 0.25) is 16.8 Å². The van der Waals surface area contributed by atoms with Crippen molar-refractivity contribution >= 4 is 21.9 Å². The lowest BCUT2D eigenvalue weighted by molar-refractivity contribution is 0.174. The first-order valence-electron chi connectivity index (χ1n) is 8.67. The molecule has 26 heavy (non-hydrogen) atoms. The quantitative estimate of drug-likeness (QED) is 0.772. The summed E-state index contributed by atoms with van der Waals surface area (Å²) in [6.45, 7) is 1.45. The molecule has 0 spiro atoms. The summed E-state index contributed by atoms with van der Waals surface area (Å²) in [6, 6.07) is 12.3. The normalized spacial score (nSPS) is 17.7. The van der Waals surface area contributed by atoms with Gasteiger partial charge in [-0.25, -0.2) is 8.42 Å². The van der Waals surface area contributed by atoms with Gasteiger partial charge in [-0.3, -0.25) is 4.99 Å². The minimum Gasteiger partial charge on any atom is -0.454 e. The third-order valence-corrected chi connectivity index (χ3v) is 6.46. The lowest BCUT2D eigenvalue weighted by atomic mass is 10.2. The fourth-order valence-corrected chi connectivity index (χ4v) is 4.62.